The minimum Gasteiger partial charge on any atom is -0.460 e. The van der Waals surface area contributed by atoms with Gasteiger partial charge in [0.05, 0.1) is 0 Å². The maximum atomic E-state index is 14.6. The molecule has 4 rings (SSSR count). The van der Waals surface area contributed by atoms with Gasteiger partial charge in [0.2, 0.25) is 0 Å². The van der Waals surface area contributed by atoms with Crippen molar-refractivity contribution in [2.24, 2.45) is 40.4 Å². The van der Waals surface area contributed by atoms with E-state index in [2.05, 4.69) is 51.3 Å². The van der Waals surface area contributed by atoms with Crippen LogP contribution in [0.1, 0.15) is 132 Å². The van der Waals surface area contributed by atoms with Crippen LogP contribution in [0.15, 0.2) is 0 Å². The maximum absolute atomic E-state index is 14.6. The number of ether oxygens (including phenoxy) is 1. The second-order valence-electron chi connectivity index (χ2n) is 14.7. The van der Waals surface area contributed by atoms with Crippen LogP contribution in [0.4, 0.5) is 0 Å². The molecule has 0 aromatic heterocycles. The molecular weight excluding hydrogens is 496 g/mol. The van der Waals surface area contributed by atoms with Crippen molar-refractivity contribution in [2.75, 3.05) is 26.2 Å². The third kappa shape index (κ3) is 5.94. The quantitative estimate of drug-likeness (QED) is 0.171. The Kier molecular flexibility index (Phi) is 10.9. The molecule has 0 N–H and O–H groups in total. The summed E-state index contributed by atoms with van der Waals surface area (Å²) in [4.78, 5) is 32.3. The highest BCUT2D eigenvalue weighted by molar-refractivity contribution is 5.79. The number of hydrogen-bond donors (Lipinski definition) is 0. The molecule has 4 fully saturated rings. The highest BCUT2D eigenvalue weighted by atomic mass is 16.5. The minimum atomic E-state index is -0.311. The van der Waals surface area contributed by atoms with Crippen LogP contribution in [0.5, 0.6) is 0 Å². The summed E-state index contributed by atoms with van der Waals surface area (Å²) in [6, 6.07) is 0. The molecule has 0 radical (unpaired) electrons. The molecule has 4 aliphatic rings. The number of nitrogens with zero attached hydrogens (tertiary/aromatic N) is 2. The zero-order chi connectivity index (χ0) is 29.1. The topological polar surface area (TPSA) is 49.9 Å². The third-order valence-electron chi connectivity index (χ3n) is 12.2. The van der Waals surface area contributed by atoms with Crippen molar-refractivity contribution in [3.8, 4) is 0 Å². The van der Waals surface area contributed by atoms with E-state index >= 15 is 0 Å². The summed E-state index contributed by atoms with van der Waals surface area (Å²) in [5.74, 6) is 2.78. The first-order valence-electron chi connectivity index (χ1n) is 17.3. The molecule has 230 valence electrons. The molecule has 0 bridgehead atoms. The van der Waals surface area contributed by atoms with E-state index in [9.17, 15) is 9.59 Å². The van der Waals surface area contributed by atoms with Gasteiger partial charge in [0.15, 0.2) is 6.17 Å². The van der Waals surface area contributed by atoms with Gasteiger partial charge in [-0.15, -0.1) is 0 Å². The monoisotopic (exact) mass is 558 g/mol. The lowest BCUT2D eigenvalue weighted by molar-refractivity contribution is -0.202. The predicted molar refractivity (Wildman–Crippen MR) is 164 cm³/mol. The van der Waals surface area contributed by atoms with E-state index in [1.807, 2.05) is 6.92 Å². The Morgan fingerprint density at radius 1 is 0.800 bits per heavy atom. The average molecular weight is 559 g/mol. The Labute approximate surface area is 246 Å². The van der Waals surface area contributed by atoms with Crippen LogP contribution in [-0.4, -0.2) is 60.0 Å². The molecule has 0 unspecified atom stereocenters. The summed E-state index contributed by atoms with van der Waals surface area (Å²) < 4.78 is 6.95. The molecule has 0 saturated heterocycles. The maximum Gasteiger partial charge on any atom is 0.338 e. The van der Waals surface area contributed by atoms with Gasteiger partial charge >= 0.3 is 5.97 Å². The highest BCUT2D eigenvalue weighted by Crippen LogP contribution is 2.68. The first-order chi connectivity index (χ1) is 19.2. The lowest BCUT2D eigenvalue weighted by Crippen LogP contribution is -2.61. The normalized spacial score (nSPS) is 37.4. The zero-order valence-electron chi connectivity index (χ0n) is 27.2. The summed E-state index contributed by atoms with van der Waals surface area (Å²) in [5.41, 5.74) is 0.195. The van der Waals surface area contributed by atoms with E-state index in [0.717, 1.165) is 70.6 Å². The summed E-state index contributed by atoms with van der Waals surface area (Å²) >= 11 is 0. The van der Waals surface area contributed by atoms with Crippen LogP contribution in [0.3, 0.4) is 0 Å². The fraction of sp³-hybridized carbons (Fsp3) is 0.943. The number of rotatable bonds is 13. The molecule has 5 nitrogen and oxygen atoms in total. The number of esters is 1. The van der Waals surface area contributed by atoms with E-state index in [1.54, 1.807) is 0 Å². The number of Topliss-reactive ketones (excluding diaryl/α,β-unsaturated/α-hetero) is 1. The van der Waals surface area contributed by atoms with Crippen LogP contribution in [-0.2, 0) is 14.3 Å². The van der Waals surface area contributed by atoms with Crippen LogP contribution in [0.25, 0.3) is 0 Å². The molecule has 0 spiro atoms. The Bertz CT molecular complexity index is 834. The third-order valence-corrected chi connectivity index (χ3v) is 12.2. The van der Waals surface area contributed by atoms with Gasteiger partial charge in [-0.25, -0.2) is 4.79 Å². The van der Waals surface area contributed by atoms with Crippen molar-refractivity contribution in [1.29, 1.82) is 0 Å². The van der Waals surface area contributed by atoms with E-state index in [1.165, 1.54) is 44.9 Å². The van der Waals surface area contributed by atoms with Crippen molar-refractivity contribution in [2.45, 2.75) is 144 Å². The number of carbonyl (C=O) groups excluding carboxylic acids is 2. The molecular formula is C35H62N2O3. The fourth-order valence-electron chi connectivity index (χ4n) is 10.8. The van der Waals surface area contributed by atoms with Gasteiger partial charge in [-0.1, -0.05) is 54.4 Å². The second kappa shape index (κ2) is 13.6. The number of hydrogen-bond acceptors (Lipinski definition) is 5. The molecule has 0 amide bonds. The van der Waals surface area contributed by atoms with Crippen molar-refractivity contribution in [1.82, 2.24) is 9.80 Å². The van der Waals surface area contributed by atoms with Gasteiger partial charge in [0, 0.05) is 11.8 Å². The first-order valence-corrected chi connectivity index (χ1v) is 17.3. The largest absolute Gasteiger partial charge is 0.460 e. The molecule has 0 aliphatic heterocycles. The van der Waals surface area contributed by atoms with E-state index in [-0.39, 0.29) is 35.0 Å². The summed E-state index contributed by atoms with van der Waals surface area (Å²) in [7, 11) is 0. The van der Waals surface area contributed by atoms with Gasteiger partial charge in [-0.2, -0.15) is 0 Å². The smallest absolute Gasteiger partial charge is 0.338 e. The lowest BCUT2D eigenvalue weighted by atomic mass is 9.44. The summed E-state index contributed by atoms with van der Waals surface area (Å²) in [6.07, 6.45) is 14.6. The van der Waals surface area contributed by atoms with Crippen molar-refractivity contribution in [3.05, 3.63) is 0 Å². The Hall–Kier alpha value is -0.940. The van der Waals surface area contributed by atoms with Gasteiger partial charge in [0.25, 0.3) is 0 Å². The van der Waals surface area contributed by atoms with Crippen molar-refractivity contribution in [3.63, 3.8) is 0 Å². The molecule has 0 heterocycles. The van der Waals surface area contributed by atoms with E-state index < -0.39 is 0 Å². The highest BCUT2D eigenvalue weighted by Gasteiger charge is 2.64. The SMILES string of the molecule is CCCN(CCC)C(C(=O)O[C@H]1C[C@]2(C)[C@@H](C(C)=O)CC[C@H]2[C@@H]2CC[C@H]3CCCC[C@]3(C)[C@H]21)N(CCC)CCC. The molecule has 0 aromatic carbocycles. The molecule has 40 heavy (non-hydrogen) atoms. The number of ketones is 1. The molecule has 0 aromatic rings. The van der Waals surface area contributed by atoms with Gasteiger partial charge in [-0.05, 0) is 132 Å². The van der Waals surface area contributed by atoms with E-state index in [0.29, 0.717) is 23.5 Å². The van der Waals surface area contributed by atoms with Gasteiger partial charge in [0.1, 0.15) is 11.9 Å². The molecule has 8 atom stereocenters. The number of fused-ring (bicyclic) bond motifs is 5. The minimum absolute atomic E-state index is 0.0199. The number of carbonyl (C=O) groups is 2. The van der Waals surface area contributed by atoms with Crippen molar-refractivity contribution < 1.29 is 14.3 Å². The zero-order valence-corrected chi connectivity index (χ0v) is 27.2. The van der Waals surface area contributed by atoms with Crippen LogP contribution >= 0.6 is 0 Å². The standard InChI is InChI=1S/C35H62N2O3/c1-8-20-36(21-9-2)32(37(22-10-3)23-11-4)33(39)40-30-24-35(7)28(25(5)38)17-18-29(35)27-16-15-26-14-12-13-19-34(26,6)31(27)30/h26-32H,8-24H2,1-7H3/t26-,27+,28-,29+,30+,31-,34+,35-/m1/s1. The Morgan fingerprint density at radius 2 is 1.40 bits per heavy atom. The van der Waals surface area contributed by atoms with Gasteiger partial charge in [-0.3, -0.25) is 14.6 Å². The average Bonchev–Trinajstić information content (AvgIpc) is 3.25. The Balaban J connectivity index is 1.72. The van der Waals surface area contributed by atoms with Crippen LogP contribution in [0, 0.1) is 40.4 Å². The van der Waals surface area contributed by atoms with Crippen molar-refractivity contribution >= 4 is 11.8 Å². The molecule has 4 saturated carbocycles. The summed E-state index contributed by atoms with van der Waals surface area (Å²) in [5, 5.41) is 0. The van der Waals surface area contributed by atoms with Crippen LogP contribution < -0.4 is 0 Å². The fourth-order valence-corrected chi connectivity index (χ4v) is 10.8. The van der Waals surface area contributed by atoms with Gasteiger partial charge < -0.3 is 4.74 Å². The molecule has 5 heteroatoms. The predicted octanol–water partition coefficient (Wildman–Crippen LogP) is 7.72. The van der Waals surface area contributed by atoms with Crippen LogP contribution in [0.2, 0.25) is 0 Å². The molecule has 4 aliphatic carbocycles. The lowest BCUT2D eigenvalue weighted by Gasteiger charge is -2.62. The first kappa shape index (κ1) is 32.0. The van der Waals surface area contributed by atoms with E-state index in [4.69, 9.17) is 4.74 Å². The Morgan fingerprint density at radius 3 is 1.95 bits per heavy atom. The second-order valence-corrected chi connectivity index (χ2v) is 14.7. The summed E-state index contributed by atoms with van der Waals surface area (Å²) in [6.45, 7) is 19.3.